The molecule has 2 N–H and O–H groups in total. The van der Waals surface area contributed by atoms with E-state index in [1.54, 1.807) is 0 Å². The number of ether oxygens (including phenoxy) is 2. The Bertz CT molecular complexity index is 894. The molecule has 0 bridgehead atoms. The number of aromatic nitrogens is 2. The summed E-state index contributed by atoms with van der Waals surface area (Å²) < 4.78 is 12.8. The molecule has 24 heavy (non-hydrogen) atoms. The number of nitrogens with zero attached hydrogens (tertiary/aromatic N) is 2. The summed E-state index contributed by atoms with van der Waals surface area (Å²) in [6.07, 6.45) is 0. The van der Waals surface area contributed by atoms with E-state index >= 15 is 0 Å². The van der Waals surface area contributed by atoms with Crippen molar-refractivity contribution in [2.45, 2.75) is 6.54 Å². The minimum atomic E-state index is 0.0407. The molecule has 1 aliphatic rings. The van der Waals surface area contributed by atoms with Crippen LogP contribution in [0.25, 0.3) is 11.0 Å². The third-order valence-electron chi connectivity index (χ3n) is 3.88. The third kappa shape index (κ3) is 2.64. The number of nitrogens with one attached hydrogen (secondary N) is 1. The van der Waals surface area contributed by atoms with Gasteiger partial charge in [0.2, 0.25) is 12.7 Å². The van der Waals surface area contributed by atoms with Gasteiger partial charge in [-0.25, -0.2) is 4.98 Å². The molecule has 0 amide bonds. The molecule has 6 nitrogen and oxygen atoms in total. The number of para-hydroxylation sites is 2. The number of aliphatic hydroxyl groups is 1. The van der Waals surface area contributed by atoms with Gasteiger partial charge in [-0.3, -0.25) is 0 Å². The number of benzene rings is 2. The van der Waals surface area contributed by atoms with Gasteiger partial charge in [-0.1, -0.05) is 23.7 Å². The molecule has 0 saturated carbocycles. The van der Waals surface area contributed by atoms with Crippen molar-refractivity contribution in [1.82, 2.24) is 9.55 Å². The fourth-order valence-electron chi connectivity index (χ4n) is 2.83. The molecule has 0 aliphatic carbocycles. The SMILES string of the molecule is OCCNc1nc2ccccc2n1Cc1cc(Cl)c2c(c1)OCO2. The molecule has 0 radical (unpaired) electrons. The predicted octanol–water partition coefficient (Wildman–Crippen LogP) is 2.87. The van der Waals surface area contributed by atoms with E-state index in [4.69, 9.17) is 26.2 Å². The average Bonchev–Trinajstić information content (AvgIpc) is 3.18. The summed E-state index contributed by atoms with van der Waals surface area (Å²) in [7, 11) is 0. The maximum atomic E-state index is 9.08. The van der Waals surface area contributed by atoms with Gasteiger partial charge >= 0.3 is 0 Å². The van der Waals surface area contributed by atoms with Crippen LogP contribution < -0.4 is 14.8 Å². The number of anilines is 1. The molecule has 1 aliphatic heterocycles. The summed E-state index contributed by atoms with van der Waals surface area (Å²) in [5.41, 5.74) is 2.89. The largest absolute Gasteiger partial charge is 0.454 e. The van der Waals surface area contributed by atoms with Gasteiger partial charge < -0.3 is 24.5 Å². The van der Waals surface area contributed by atoms with Crippen molar-refractivity contribution in [3.8, 4) is 11.5 Å². The van der Waals surface area contributed by atoms with Crippen LogP contribution in [0.5, 0.6) is 11.5 Å². The minimum Gasteiger partial charge on any atom is -0.454 e. The average molecular weight is 346 g/mol. The van der Waals surface area contributed by atoms with Gasteiger partial charge in [-0.15, -0.1) is 0 Å². The van der Waals surface area contributed by atoms with Crippen LogP contribution in [0.15, 0.2) is 36.4 Å². The molecule has 2 heterocycles. The molecule has 0 atom stereocenters. The molecule has 1 aromatic heterocycles. The zero-order valence-corrected chi connectivity index (χ0v) is 13.6. The lowest BCUT2D eigenvalue weighted by Crippen LogP contribution is -2.12. The molecule has 4 rings (SSSR count). The lowest BCUT2D eigenvalue weighted by Gasteiger charge is -2.11. The molecule has 124 valence electrons. The highest BCUT2D eigenvalue weighted by Gasteiger charge is 2.19. The zero-order chi connectivity index (χ0) is 16.5. The van der Waals surface area contributed by atoms with Crippen LogP contribution in [-0.2, 0) is 6.54 Å². The highest BCUT2D eigenvalue weighted by Crippen LogP contribution is 2.40. The summed E-state index contributed by atoms with van der Waals surface area (Å²) in [4.78, 5) is 4.59. The molecule has 3 aromatic rings. The highest BCUT2D eigenvalue weighted by atomic mass is 35.5. The second kappa shape index (κ2) is 6.22. The molecule has 2 aromatic carbocycles. The fraction of sp³-hybridized carbons (Fsp3) is 0.235. The van der Waals surface area contributed by atoms with Crippen molar-refractivity contribution in [3.05, 3.63) is 47.0 Å². The standard InChI is InChI=1S/C17H16ClN3O3/c18-12-7-11(8-15-16(12)24-10-23-15)9-21-14-4-2-1-3-13(14)20-17(21)19-5-6-22/h1-4,7-8,22H,5-6,9-10H2,(H,19,20). The van der Waals surface area contributed by atoms with E-state index in [1.165, 1.54) is 0 Å². The second-order valence-electron chi connectivity index (χ2n) is 5.47. The van der Waals surface area contributed by atoms with E-state index in [1.807, 2.05) is 36.4 Å². The summed E-state index contributed by atoms with van der Waals surface area (Å²) in [6.45, 7) is 1.24. The number of aliphatic hydroxyl groups excluding tert-OH is 1. The summed E-state index contributed by atoms with van der Waals surface area (Å²) in [5.74, 6) is 1.96. The van der Waals surface area contributed by atoms with E-state index < -0.39 is 0 Å². The van der Waals surface area contributed by atoms with Crippen LogP contribution in [0.1, 0.15) is 5.56 Å². The molecule has 0 unspecified atom stereocenters. The van der Waals surface area contributed by atoms with Crippen molar-refractivity contribution < 1.29 is 14.6 Å². The molecule has 0 saturated heterocycles. The van der Waals surface area contributed by atoms with E-state index in [-0.39, 0.29) is 13.4 Å². The summed E-state index contributed by atoms with van der Waals surface area (Å²) in [6, 6.07) is 11.7. The van der Waals surface area contributed by atoms with Gasteiger partial charge in [-0.05, 0) is 29.8 Å². The predicted molar refractivity (Wildman–Crippen MR) is 92.0 cm³/mol. The quantitative estimate of drug-likeness (QED) is 0.744. The highest BCUT2D eigenvalue weighted by molar-refractivity contribution is 6.32. The molecule has 0 spiro atoms. The van der Waals surface area contributed by atoms with Crippen LogP contribution in [0.2, 0.25) is 5.02 Å². The number of rotatable bonds is 5. The first kappa shape index (κ1) is 15.1. The first-order valence-corrected chi connectivity index (χ1v) is 8.02. The van der Waals surface area contributed by atoms with Crippen LogP contribution in [-0.4, -0.2) is 34.6 Å². The Labute approximate surface area is 143 Å². The van der Waals surface area contributed by atoms with Crippen LogP contribution in [0.4, 0.5) is 5.95 Å². The minimum absolute atomic E-state index is 0.0407. The van der Waals surface area contributed by atoms with Gasteiger partial charge in [0.15, 0.2) is 11.5 Å². The van der Waals surface area contributed by atoms with Crippen LogP contribution in [0, 0.1) is 0 Å². The van der Waals surface area contributed by atoms with Crippen molar-refractivity contribution >= 4 is 28.6 Å². The van der Waals surface area contributed by atoms with E-state index in [0.717, 1.165) is 16.6 Å². The number of halogens is 1. The number of fused-ring (bicyclic) bond motifs is 2. The number of hydrogen-bond donors (Lipinski definition) is 2. The summed E-state index contributed by atoms with van der Waals surface area (Å²) >= 11 is 6.28. The topological polar surface area (TPSA) is 68.5 Å². The zero-order valence-electron chi connectivity index (χ0n) is 12.8. The first-order valence-electron chi connectivity index (χ1n) is 7.64. The van der Waals surface area contributed by atoms with E-state index in [2.05, 4.69) is 14.9 Å². The third-order valence-corrected chi connectivity index (χ3v) is 4.16. The van der Waals surface area contributed by atoms with E-state index in [9.17, 15) is 0 Å². The fourth-order valence-corrected chi connectivity index (χ4v) is 3.12. The van der Waals surface area contributed by atoms with Crippen molar-refractivity contribution in [2.75, 3.05) is 25.3 Å². The Hall–Kier alpha value is -2.44. The van der Waals surface area contributed by atoms with Crippen molar-refractivity contribution in [3.63, 3.8) is 0 Å². The second-order valence-corrected chi connectivity index (χ2v) is 5.88. The number of hydrogen-bond acceptors (Lipinski definition) is 5. The molecule has 7 heteroatoms. The Morgan fingerprint density at radius 1 is 1.25 bits per heavy atom. The maximum absolute atomic E-state index is 9.08. The smallest absolute Gasteiger partial charge is 0.231 e. The Morgan fingerprint density at radius 2 is 2.12 bits per heavy atom. The van der Waals surface area contributed by atoms with Gasteiger partial charge in [0, 0.05) is 6.54 Å². The van der Waals surface area contributed by atoms with Crippen molar-refractivity contribution in [1.29, 1.82) is 0 Å². The first-order chi connectivity index (χ1) is 11.8. The molecular formula is C17H16ClN3O3. The Kier molecular flexibility index (Phi) is 3.92. The molecule has 0 fully saturated rings. The Balaban J connectivity index is 1.74. The van der Waals surface area contributed by atoms with Crippen molar-refractivity contribution in [2.24, 2.45) is 0 Å². The lowest BCUT2D eigenvalue weighted by molar-refractivity contribution is 0.174. The normalized spacial score (nSPS) is 12.8. The Morgan fingerprint density at radius 3 is 3.00 bits per heavy atom. The van der Waals surface area contributed by atoms with E-state index in [0.29, 0.717) is 35.6 Å². The van der Waals surface area contributed by atoms with Crippen LogP contribution in [0.3, 0.4) is 0 Å². The summed E-state index contributed by atoms with van der Waals surface area (Å²) in [5, 5.41) is 12.8. The van der Waals surface area contributed by atoms with Gasteiger partial charge in [-0.2, -0.15) is 0 Å². The van der Waals surface area contributed by atoms with Gasteiger partial charge in [0.1, 0.15) is 0 Å². The van der Waals surface area contributed by atoms with Gasteiger partial charge in [0.25, 0.3) is 0 Å². The van der Waals surface area contributed by atoms with Crippen LogP contribution >= 0.6 is 11.6 Å². The maximum Gasteiger partial charge on any atom is 0.231 e. The lowest BCUT2D eigenvalue weighted by atomic mass is 10.2. The van der Waals surface area contributed by atoms with Gasteiger partial charge in [0.05, 0.1) is 29.2 Å². The monoisotopic (exact) mass is 345 g/mol. The molecular weight excluding hydrogens is 330 g/mol. The number of imidazole rings is 1.